The Bertz CT molecular complexity index is 722. The number of primary amides is 1. The third-order valence-corrected chi connectivity index (χ3v) is 4.36. The third-order valence-electron chi connectivity index (χ3n) is 3.37. The van der Waals surface area contributed by atoms with Gasteiger partial charge in [-0.1, -0.05) is 0 Å². The van der Waals surface area contributed by atoms with Crippen molar-refractivity contribution in [1.82, 2.24) is 9.88 Å². The molecule has 0 radical (unpaired) electrons. The zero-order chi connectivity index (χ0) is 15.7. The number of pyridine rings is 1. The van der Waals surface area contributed by atoms with E-state index in [1.165, 1.54) is 23.6 Å². The van der Waals surface area contributed by atoms with E-state index in [0.29, 0.717) is 18.8 Å². The molecule has 0 aliphatic carbocycles. The normalized spacial score (nSPS) is 14.5. The maximum atomic E-state index is 12.2. The number of carbonyl (C=O) groups excluding carboxylic acids is 2. The van der Waals surface area contributed by atoms with E-state index in [9.17, 15) is 9.59 Å². The van der Waals surface area contributed by atoms with Gasteiger partial charge in [-0.25, -0.2) is 0 Å². The summed E-state index contributed by atoms with van der Waals surface area (Å²) in [6.45, 7) is 3.04. The van der Waals surface area contributed by atoms with Crippen molar-refractivity contribution in [3.05, 3.63) is 45.9 Å². The van der Waals surface area contributed by atoms with Gasteiger partial charge in [0.05, 0.1) is 18.0 Å². The van der Waals surface area contributed by atoms with E-state index in [0.717, 1.165) is 9.75 Å². The minimum atomic E-state index is -0.594. The number of amides is 2. The fraction of sp³-hybridized carbons (Fsp3) is 0.267. The number of hydrogen-bond donors (Lipinski definition) is 1. The smallest absolute Gasteiger partial charge is 0.267 e. The Morgan fingerprint density at radius 1 is 1.36 bits per heavy atom. The summed E-state index contributed by atoms with van der Waals surface area (Å²) in [5.74, 6) is -0.0256. The van der Waals surface area contributed by atoms with Gasteiger partial charge in [-0.15, -0.1) is 11.3 Å². The Morgan fingerprint density at radius 3 is 2.77 bits per heavy atom. The Kier molecular flexibility index (Phi) is 3.81. The zero-order valence-electron chi connectivity index (χ0n) is 12.0. The van der Waals surface area contributed by atoms with Crippen molar-refractivity contribution in [2.75, 3.05) is 13.1 Å². The highest BCUT2D eigenvalue weighted by molar-refractivity contribution is 7.13. The van der Waals surface area contributed by atoms with Crippen molar-refractivity contribution >= 4 is 23.2 Å². The van der Waals surface area contributed by atoms with Crippen molar-refractivity contribution in [3.63, 3.8) is 0 Å². The van der Waals surface area contributed by atoms with Crippen molar-refractivity contribution < 1.29 is 14.3 Å². The summed E-state index contributed by atoms with van der Waals surface area (Å²) in [5, 5.41) is 0. The molecule has 0 bridgehead atoms. The van der Waals surface area contributed by atoms with Gasteiger partial charge in [0.15, 0.2) is 0 Å². The number of ether oxygens (including phenoxy) is 1. The Morgan fingerprint density at radius 2 is 2.14 bits per heavy atom. The second-order valence-electron chi connectivity index (χ2n) is 5.10. The summed E-state index contributed by atoms with van der Waals surface area (Å²) in [6, 6.07) is 6.96. The fourth-order valence-corrected chi connectivity index (χ4v) is 3.03. The molecule has 7 heteroatoms. The lowest BCUT2D eigenvalue weighted by Crippen LogP contribution is -2.56. The number of nitrogens with zero attached hydrogens (tertiary/aromatic N) is 2. The highest BCUT2D eigenvalue weighted by atomic mass is 32.1. The van der Waals surface area contributed by atoms with Crippen LogP contribution in [0.15, 0.2) is 30.5 Å². The largest absolute Gasteiger partial charge is 0.487 e. The summed E-state index contributed by atoms with van der Waals surface area (Å²) < 4.78 is 5.72. The molecule has 1 fully saturated rings. The summed E-state index contributed by atoms with van der Waals surface area (Å²) >= 11 is 1.49. The van der Waals surface area contributed by atoms with Crippen molar-refractivity contribution in [1.29, 1.82) is 0 Å². The SMILES string of the molecule is Cc1ccc(C(=O)N2CC(Oc3ccnc(C(N)=O)c3)C2)s1. The molecule has 1 aliphatic rings. The van der Waals surface area contributed by atoms with Gasteiger partial charge in [-0.05, 0) is 25.1 Å². The molecule has 2 aromatic heterocycles. The van der Waals surface area contributed by atoms with E-state index in [1.807, 2.05) is 19.1 Å². The van der Waals surface area contributed by atoms with Crippen LogP contribution < -0.4 is 10.5 Å². The Balaban J connectivity index is 1.56. The molecule has 1 saturated heterocycles. The lowest BCUT2D eigenvalue weighted by molar-refractivity contribution is 0.0181. The monoisotopic (exact) mass is 317 g/mol. The van der Waals surface area contributed by atoms with Crippen LogP contribution in [0.2, 0.25) is 0 Å². The van der Waals surface area contributed by atoms with Crippen molar-refractivity contribution in [2.45, 2.75) is 13.0 Å². The van der Waals surface area contributed by atoms with Crippen LogP contribution in [-0.2, 0) is 0 Å². The van der Waals surface area contributed by atoms with Crippen LogP contribution >= 0.6 is 11.3 Å². The first-order valence-electron chi connectivity index (χ1n) is 6.81. The molecule has 2 amide bonds. The highest BCUT2D eigenvalue weighted by Gasteiger charge is 2.33. The second kappa shape index (κ2) is 5.76. The number of likely N-dealkylation sites (tertiary alicyclic amines) is 1. The van der Waals surface area contributed by atoms with E-state index in [-0.39, 0.29) is 17.7 Å². The summed E-state index contributed by atoms with van der Waals surface area (Å²) in [6.07, 6.45) is 1.40. The number of nitrogens with two attached hydrogens (primary N) is 1. The molecule has 0 aromatic carbocycles. The molecule has 0 spiro atoms. The average Bonchev–Trinajstić information content (AvgIpc) is 2.88. The van der Waals surface area contributed by atoms with Crippen LogP contribution in [0.25, 0.3) is 0 Å². The number of rotatable bonds is 4. The molecule has 3 heterocycles. The van der Waals surface area contributed by atoms with Gasteiger partial charge in [-0.2, -0.15) is 0 Å². The van der Waals surface area contributed by atoms with Gasteiger partial charge in [0, 0.05) is 17.1 Å². The molecule has 1 aliphatic heterocycles. The lowest BCUT2D eigenvalue weighted by Gasteiger charge is -2.38. The minimum Gasteiger partial charge on any atom is -0.487 e. The van der Waals surface area contributed by atoms with E-state index in [4.69, 9.17) is 10.5 Å². The van der Waals surface area contributed by atoms with Crippen molar-refractivity contribution in [3.8, 4) is 5.75 Å². The van der Waals surface area contributed by atoms with Gasteiger partial charge < -0.3 is 15.4 Å². The molecule has 0 atom stereocenters. The van der Waals surface area contributed by atoms with Gasteiger partial charge in [0.1, 0.15) is 17.5 Å². The molecular formula is C15H15N3O3S. The quantitative estimate of drug-likeness (QED) is 0.925. The Hall–Kier alpha value is -2.41. The highest BCUT2D eigenvalue weighted by Crippen LogP contribution is 2.23. The van der Waals surface area contributed by atoms with Crippen molar-refractivity contribution in [2.24, 2.45) is 5.73 Å². The number of aromatic nitrogens is 1. The molecule has 2 aromatic rings. The van der Waals surface area contributed by atoms with E-state index < -0.39 is 5.91 Å². The maximum absolute atomic E-state index is 12.2. The Labute approximate surface area is 131 Å². The molecular weight excluding hydrogens is 302 g/mol. The summed E-state index contributed by atoms with van der Waals surface area (Å²) in [4.78, 5) is 30.7. The topological polar surface area (TPSA) is 85.5 Å². The predicted molar refractivity (Wildman–Crippen MR) is 82.1 cm³/mol. The molecule has 2 N–H and O–H groups in total. The number of thiophene rings is 1. The number of carbonyl (C=O) groups is 2. The van der Waals surface area contributed by atoms with E-state index in [1.54, 1.807) is 11.0 Å². The third kappa shape index (κ3) is 2.94. The number of hydrogen-bond acceptors (Lipinski definition) is 5. The first-order valence-corrected chi connectivity index (χ1v) is 7.63. The standard InChI is InChI=1S/C15H15N3O3S/c1-9-2-3-13(22-9)15(20)18-7-11(8-18)21-10-4-5-17-12(6-10)14(16)19/h2-6,11H,7-8H2,1H3,(H2,16,19). The van der Waals surface area contributed by atoms with E-state index >= 15 is 0 Å². The van der Waals surface area contributed by atoms with Crippen LogP contribution in [-0.4, -0.2) is 40.9 Å². The van der Waals surface area contributed by atoms with Gasteiger partial charge in [-0.3, -0.25) is 14.6 Å². The van der Waals surface area contributed by atoms with Crippen LogP contribution in [0.5, 0.6) is 5.75 Å². The van der Waals surface area contributed by atoms with Crippen LogP contribution in [0.4, 0.5) is 0 Å². The molecule has 3 rings (SSSR count). The van der Waals surface area contributed by atoms with Crippen LogP contribution in [0, 0.1) is 6.92 Å². The molecule has 0 saturated carbocycles. The second-order valence-corrected chi connectivity index (χ2v) is 6.39. The van der Waals surface area contributed by atoms with Crippen LogP contribution in [0.3, 0.4) is 0 Å². The first-order chi connectivity index (χ1) is 10.5. The first kappa shape index (κ1) is 14.5. The van der Waals surface area contributed by atoms with Gasteiger partial charge in [0.25, 0.3) is 11.8 Å². The van der Waals surface area contributed by atoms with E-state index in [2.05, 4.69) is 4.98 Å². The number of aryl methyl sites for hydroxylation is 1. The summed E-state index contributed by atoms with van der Waals surface area (Å²) in [5.41, 5.74) is 5.34. The minimum absolute atomic E-state index is 0.0329. The summed E-state index contributed by atoms with van der Waals surface area (Å²) in [7, 11) is 0. The van der Waals surface area contributed by atoms with Gasteiger partial charge >= 0.3 is 0 Å². The van der Waals surface area contributed by atoms with Crippen LogP contribution in [0.1, 0.15) is 25.0 Å². The predicted octanol–water partition coefficient (Wildman–Crippen LogP) is 1.45. The zero-order valence-corrected chi connectivity index (χ0v) is 12.8. The molecule has 114 valence electrons. The molecule has 22 heavy (non-hydrogen) atoms. The maximum Gasteiger partial charge on any atom is 0.267 e. The lowest BCUT2D eigenvalue weighted by atomic mass is 10.1. The molecule has 0 unspecified atom stereocenters. The average molecular weight is 317 g/mol. The fourth-order valence-electron chi connectivity index (χ4n) is 2.20. The van der Waals surface area contributed by atoms with Gasteiger partial charge in [0.2, 0.25) is 0 Å². The molecule has 6 nitrogen and oxygen atoms in total.